The monoisotopic (exact) mass is 439 g/mol. The summed E-state index contributed by atoms with van der Waals surface area (Å²) in [6, 6.07) is 1.81. The lowest BCUT2D eigenvalue weighted by Crippen LogP contribution is -2.37. The van der Waals surface area contributed by atoms with E-state index in [0.717, 1.165) is 31.2 Å². The Balaban J connectivity index is 0.000000194. The number of nitrogens with two attached hydrogens (primary N) is 1. The van der Waals surface area contributed by atoms with Crippen molar-refractivity contribution in [2.45, 2.75) is 58.2 Å². The summed E-state index contributed by atoms with van der Waals surface area (Å²) >= 11 is 0. The lowest BCUT2D eigenvalue weighted by atomic mass is 10.1. The zero-order valence-corrected chi connectivity index (χ0v) is 18.4. The van der Waals surface area contributed by atoms with Gasteiger partial charge >= 0.3 is 6.18 Å². The van der Waals surface area contributed by atoms with Gasteiger partial charge in [-0.2, -0.15) is 13.2 Å². The van der Waals surface area contributed by atoms with E-state index in [-0.39, 0.29) is 5.92 Å². The Morgan fingerprint density at radius 2 is 1.87 bits per heavy atom. The first-order chi connectivity index (χ1) is 14.6. The first-order valence-corrected chi connectivity index (χ1v) is 10.8. The minimum Gasteiger partial charge on any atom is -0.383 e. The van der Waals surface area contributed by atoms with E-state index < -0.39 is 17.6 Å². The molecule has 0 radical (unpaired) electrons. The number of ether oxygens (including phenoxy) is 1. The standard InChI is InChI=1S/C12H13F3N4.C10H19NO/c1-6(2)11-18-5-9(19-11)7-3-8(12(13,14)15)10(16)17-4-7;1-9-2-5-11(8-9)10-3-6-12-7-4-10/h3-6H,1-2H3,(H2,16,17)(H,18,19);9-10H,2-8H2,1H3. The van der Waals surface area contributed by atoms with Gasteiger partial charge in [-0.1, -0.05) is 20.8 Å². The molecule has 0 spiro atoms. The van der Waals surface area contributed by atoms with Gasteiger partial charge in [0.1, 0.15) is 11.6 Å². The predicted octanol–water partition coefficient (Wildman–Crippen LogP) is 4.70. The zero-order chi connectivity index (χ0) is 22.6. The number of likely N-dealkylation sites (tertiary alicyclic amines) is 1. The molecule has 0 saturated carbocycles. The third-order valence-corrected chi connectivity index (χ3v) is 5.84. The van der Waals surface area contributed by atoms with Crippen LogP contribution in [0.2, 0.25) is 0 Å². The Kier molecular flexibility index (Phi) is 7.59. The van der Waals surface area contributed by atoms with Crippen LogP contribution in [0.25, 0.3) is 11.3 Å². The number of hydrogen-bond donors (Lipinski definition) is 2. The maximum Gasteiger partial charge on any atom is 0.419 e. The predicted molar refractivity (Wildman–Crippen MR) is 115 cm³/mol. The number of nitrogen functional groups attached to an aromatic ring is 1. The molecule has 2 aliphatic rings. The van der Waals surface area contributed by atoms with Crippen molar-refractivity contribution in [1.82, 2.24) is 19.9 Å². The highest BCUT2D eigenvalue weighted by molar-refractivity contribution is 5.61. The maximum atomic E-state index is 12.7. The molecule has 4 rings (SSSR count). The van der Waals surface area contributed by atoms with Gasteiger partial charge in [-0.3, -0.25) is 4.90 Å². The molecule has 1 atom stereocenters. The number of alkyl halides is 3. The van der Waals surface area contributed by atoms with Crippen LogP contribution in [0.1, 0.15) is 57.3 Å². The topological polar surface area (TPSA) is 80.1 Å². The second kappa shape index (κ2) is 9.99. The number of nitrogens with zero attached hydrogens (tertiary/aromatic N) is 3. The summed E-state index contributed by atoms with van der Waals surface area (Å²) in [7, 11) is 0. The van der Waals surface area contributed by atoms with Crippen molar-refractivity contribution in [2.24, 2.45) is 5.92 Å². The molecule has 2 aromatic rings. The SMILES string of the molecule is CC(C)c1ncc(-c2cnc(N)c(C(F)(F)F)c2)[nH]1.CC1CCN(C2CCOCC2)C1. The largest absolute Gasteiger partial charge is 0.419 e. The van der Waals surface area contributed by atoms with E-state index in [0.29, 0.717) is 17.1 Å². The minimum absolute atomic E-state index is 0.164. The van der Waals surface area contributed by atoms with E-state index in [1.165, 1.54) is 44.7 Å². The van der Waals surface area contributed by atoms with Crippen LogP contribution in [0.4, 0.5) is 19.0 Å². The molecule has 9 heteroatoms. The highest BCUT2D eigenvalue weighted by atomic mass is 19.4. The molecule has 0 bridgehead atoms. The third kappa shape index (κ3) is 6.20. The zero-order valence-electron chi connectivity index (χ0n) is 18.4. The fraction of sp³-hybridized carbons (Fsp3) is 0.636. The van der Waals surface area contributed by atoms with Crippen molar-refractivity contribution >= 4 is 5.82 Å². The molecule has 0 amide bonds. The number of hydrogen-bond acceptors (Lipinski definition) is 5. The number of halogens is 3. The molecular formula is C22H32F3N5O. The van der Waals surface area contributed by atoms with Crippen LogP contribution >= 0.6 is 0 Å². The summed E-state index contributed by atoms with van der Waals surface area (Å²) in [5.74, 6) is 1.27. The molecular weight excluding hydrogens is 407 g/mol. The summed E-state index contributed by atoms with van der Waals surface area (Å²) in [5, 5.41) is 0. The highest BCUT2D eigenvalue weighted by Gasteiger charge is 2.34. The number of aromatic nitrogens is 3. The van der Waals surface area contributed by atoms with E-state index in [4.69, 9.17) is 10.5 Å². The van der Waals surface area contributed by atoms with Crippen LogP contribution in [-0.4, -0.2) is 52.2 Å². The number of H-pyrrole nitrogens is 1. The summed E-state index contributed by atoms with van der Waals surface area (Å²) in [6.45, 7) is 10.8. The first kappa shape index (κ1) is 23.5. The van der Waals surface area contributed by atoms with Gasteiger partial charge < -0.3 is 15.5 Å². The molecule has 2 saturated heterocycles. The number of imidazole rings is 1. The maximum absolute atomic E-state index is 12.7. The Bertz CT molecular complexity index is 843. The van der Waals surface area contributed by atoms with Gasteiger partial charge in [0.15, 0.2) is 0 Å². The number of rotatable bonds is 3. The number of nitrogens with one attached hydrogen (secondary N) is 1. The van der Waals surface area contributed by atoms with Gasteiger partial charge in [0, 0.05) is 43.5 Å². The van der Waals surface area contributed by atoms with E-state index in [9.17, 15) is 13.2 Å². The highest BCUT2D eigenvalue weighted by Crippen LogP contribution is 2.34. The average molecular weight is 440 g/mol. The smallest absolute Gasteiger partial charge is 0.383 e. The second-order valence-corrected chi connectivity index (χ2v) is 8.72. The van der Waals surface area contributed by atoms with Crippen molar-refractivity contribution in [3.63, 3.8) is 0 Å². The van der Waals surface area contributed by atoms with Crippen LogP contribution in [0, 0.1) is 5.92 Å². The molecule has 0 aliphatic carbocycles. The molecule has 2 fully saturated rings. The van der Waals surface area contributed by atoms with Gasteiger partial charge in [-0.05, 0) is 37.8 Å². The van der Waals surface area contributed by atoms with Gasteiger partial charge in [-0.15, -0.1) is 0 Å². The third-order valence-electron chi connectivity index (χ3n) is 5.84. The summed E-state index contributed by atoms with van der Waals surface area (Å²) < 4.78 is 43.6. The molecule has 0 aromatic carbocycles. The molecule has 3 N–H and O–H groups in total. The Hall–Kier alpha value is -2.13. The number of aromatic amines is 1. The van der Waals surface area contributed by atoms with Crippen LogP contribution in [0.3, 0.4) is 0 Å². The molecule has 2 aliphatic heterocycles. The van der Waals surface area contributed by atoms with Crippen LogP contribution in [0.15, 0.2) is 18.5 Å². The summed E-state index contributed by atoms with van der Waals surface area (Å²) in [4.78, 5) is 13.3. The summed E-state index contributed by atoms with van der Waals surface area (Å²) in [6.07, 6.45) is 2.18. The Morgan fingerprint density at radius 1 is 1.16 bits per heavy atom. The van der Waals surface area contributed by atoms with E-state index in [1.807, 2.05) is 13.8 Å². The van der Waals surface area contributed by atoms with E-state index in [2.05, 4.69) is 26.8 Å². The van der Waals surface area contributed by atoms with Crippen molar-refractivity contribution in [1.29, 1.82) is 0 Å². The molecule has 2 aromatic heterocycles. The Labute approximate surface area is 181 Å². The van der Waals surface area contributed by atoms with Gasteiger partial charge in [0.25, 0.3) is 0 Å². The van der Waals surface area contributed by atoms with Gasteiger partial charge in [0.05, 0.1) is 17.5 Å². The fourth-order valence-electron chi connectivity index (χ4n) is 3.98. The molecule has 31 heavy (non-hydrogen) atoms. The average Bonchev–Trinajstić information content (AvgIpc) is 3.38. The molecule has 4 heterocycles. The van der Waals surface area contributed by atoms with Crippen molar-refractivity contribution in [3.8, 4) is 11.3 Å². The quantitative estimate of drug-likeness (QED) is 0.724. The van der Waals surface area contributed by atoms with Gasteiger partial charge in [-0.25, -0.2) is 9.97 Å². The van der Waals surface area contributed by atoms with Crippen LogP contribution in [0.5, 0.6) is 0 Å². The van der Waals surface area contributed by atoms with Crippen LogP contribution in [-0.2, 0) is 10.9 Å². The Morgan fingerprint density at radius 3 is 2.42 bits per heavy atom. The molecule has 1 unspecified atom stereocenters. The van der Waals surface area contributed by atoms with Crippen molar-refractivity contribution < 1.29 is 17.9 Å². The lowest BCUT2D eigenvalue weighted by molar-refractivity contribution is -0.137. The second-order valence-electron chi connectivity index (χ2n) is 8.72. The number of pyridine rings is 1. The molecule has 172 valence electrons. The van der Waals surface area contributed by atoms with Gasteiger partial charge in [0.2, 0.25) is 0 Å². The first-order valence-electron chi connectivity index (χ1n) is 10.8. The normalized spacial score (nSPS) is 20.7. The minimum atomic E-state index is -4.52. The number of anilines is 1. The fourth-order valence-corrected chi connectivity index (χ4v) is 3.98. The van der Waals surface area contributed by atoms with E-state index >= 15 is 0 Å². The molecule has 6 nitrogen and oxygen atoms in total. The van der Waals surface area contributed by atoms with E-state index in [1.54, 1.807) is 0 Å². The van der Waals surface area contributed by atoms with Crippen molar-refractivity contribution in [2.75, 3.05) is 32.0 Å². The van der Waals surface area contributed by atoms with Crippen LogP contribution < -0.4 is 5.73 Å². The lowest BCUT2D eigenvalue weighted by Gasteiger charge is -2.30. The summed E-state index contributed by atoms with van der Waals surface area (Å²) in [5.41, 5.74) is 5.11. The van der Waals surface area contributed by atoms with Crippen molar-refractivity contribution in [3.05, 3.63) is 29.8 Å².